The summed E-state index contributed by atoms with van der Waals surface area (Å²) >= 11 is 1.88. The first-order valence-corrected chi connectivity index (χ1v) is 9.53. The lowest BCUT2D eigenvalue weighted by Crippen LogP contribution is -2.13. The fraction of sp³-hybridized carbons (Fsp3) is 0.941. The standard InChI is InChI=1S/C17H32OS/c1-2-3-4-5-6-7-8-9-10-11-13-16(18)17-14-12-15-19-17/h17H,2-15H2,1H3. The summed E-state index contributed by atoms with van der Waals surface area (Å²) in [6, 6.07) is 0. The van der Waals surface area contributed by atoms with Gasteiger partial charge in [-0.2, -0.15) is 11.8 Å². The molecule has 0 aliphatic carbocycles. The van der Waals surface area contributed by atoms with Gasteiger partial charge in [-0.3, -0.25) is 4.79 Å². The van der Waals surface area contributed by atoms with Crippen molar-refractivity contribution < 1.29 is 4.79 Å². The Kier molecular flexibility index (Phi) is 10.6. The molecule has 19 heavy (non-hydrogen) atoms. The van der Waals surface area contributed by atoms with E-state index in [9.17, 15) is 4.79 Å². The van der Waals surface area contributed by atoms with Gasteiger partial charge >= 0.3 is 0 Å². The van der Waals surface area contributed by atoms with Crippen LogP contribution in [0.3, 0.4) is 0 Å². The van der Waals surface area contributed by atoms with E-state index in [2.05, 4.69) is 6.92 Å². The number of carbonyl (C=O) groups excluding carboxylic acids is 1. The summed E-state index contributed by atoms with van der Waals surface area (Å²) in [4.78, 5) is 11.9. The molecule has 0 spiro atoms. The van der Waals surface area contributed by atoms with Gasteiger partial charge in [-0.25, -0.2) is 0 Å². The van der Waals surface area contributed by atoms with Crippen molar-refractivity contribution in [2.45, 2.75) is 95.6 Å². The molecule has 1 aliphatic rings. The lowest BCUT2D eigenvalue weighted by atomic mass is 10.0. The molecular formula is C17H32OS. The van der Waals surface area contributed by atoms with E-state index in [0.29, 0.717) is 11.0 Å². The highest BCUT2D eigenvalue weighted by atomic mass is 32.2. The zero-order chi connectivity index (χ0) is 13.8. The Balaban J connectivity index is 1.79. The van der Waals surface area contributed by atoms with Gasteiger partial charge in [0.1, 0.15) is 5.78 Å². The van der Waals surface area contributed by atoms with Gasteiger partial charge in [-0.1, -0.05) is 64.7 Å². The molecule has 1 nitrogen and oxygen atoms in total. The summed E-state index contributed by atoms with van der Waals surface area (Å²) in [6.07, 6.45) is 16.7. The summed E-state index contributed by atoms with van der Waals surface area (Å²) in [5.74, 6) is 1.73. The highest BCUT2D eigenvalue weighted by Crippen LogP contribution is 2.28. The fourth-order valence-electron chi connectivity index (χ4n) is 2.78. The zero-order valence-corrected chi connectivity index (χ0v) is 13.6. The Labute approximate surface area is 124 Å². The second kappa shape index (κ2) is 11.8. The molecule has 1 heterocycles. The third-order valence-electron chi connectivity index (χ3n) is 4.07. The van der Waals surface area contributed by atoms with Gasteiger partial charge in [0, 0.05) is 6.42 Å². The summed E-state index contributed by atoms with van der Waals surface area (Å²) in [7, 11) is 0. The molecule has 1 atom stereocenters. The monoisotopic (exact) mass is 284 g/mol. The first-order chi connectivity index (χ1) is 9.34. The number of ketones is 1. The van der Waals surface area contributed by atoms with Crippen molar-refractivity contribution in [1.29, 1.82) is 0 Å². The van der Waals surface area contributed by atoms with Crippen LogP contribution in [0.2, 0.25) is 0 Å². The molecule has 1 fully saturated rings. The lowest BCUT2D eigenvalue weighted by molar-refractivity contribution is -0.118. The topological polar surface area (TPSA) is 17.1 Å². The second-order valence-electron chi connectivity index (χ2n) is 5.90. The first-order valence-electron chi connectivity index (χ1n) is 8.49. The van der Waals surface area contributed by atoms with Crippen LogP contribution in [-0.4, -0.2) is 16.8 Å². The van der Waals surface area contributed by atoms with Gasteiger partial charge in [0.05, 0.1) is 5.25 Å². The Hall–Kier alpha value is 0.0200. The molecule has 1 rings (SSSR count). The van der Waals surface area contributed by atoms with Crippen LogP contribution in [0, 0.1) is 0 Å². The molecule has 0 aromatic heterocycles. The molecule has 1 unspecified atom stereocenters. The zero-order valence-electron chi connectivity index (χ0n) is 12.8. The lowest BCUT2D eigenvalue weighted by Gasteiger charge is -2.07. The van der Waals surface area contributed by atoms with Crippen LogP contribution >= 0.6 is 11.8 Å². The molecule has 0 aromatic rings. The van der Waals surface area contributed by atoms with Crippen LogP contribution in [0.15, 0.2) is 0 Å². The van der Waals surface area contributed by atoms with Crippen molar-refractivity contribution >= 4 is 17.5 Å². The minimum atomic E-state index is 0.360. The van der Waals surface area contributed by atoms with Crippen LogP contribution in [0.1, 0.15) is 90.4 Å². The largest absolute Gasteiger partial charge is 0.298 e. The van der Waals surface area contributed by atoms with E-state index in [1.54, 1.807) is 0 Å². The molecule has 0 bridgehead atoms. The highest BCUT2D eigenvalue weighted by Gasteiger charge is 2.22. The molecule has 0 amide bonds. The number of unbranched alkanes of at least 4 members (excludes halogenated alkanes) is 9. The Morgan fingerprint density at radius 3 is 2.05 bits per heavy atom. The van der Waals surface area contributed by atoms with E-state index in [1.165, 1.54) is 70.0 Å². The van der Waals surface area contributed by atoms with Crippen LogP contribution < -0.4 is 0 Å². The van der Waals surface area contributed by atoms with Crippen molar-refractivity contribution in [3.8, 4) is 0 Å². The van der Waals surface area contributed by atoms with Crippen molar-refractivity contribution in [1.82, 2.24) is 0 Å². The molecule has 1 aliphatic heterocycles. The summed E-state index contributed by atoms with van der Waals surface area (Å²) in [6.45, 7) is 2.27. The number of thioether (sulfide) groups is 1. The van der Waals surface area contributed by atoms with Gasteiger partial charge in [-0.05, 0) is 25.0 Å². The van der Waals surface area contributed by atoms with E-state index >= 15 is 0 Å². The van der Waals surface area contributed by atoms with Crippen molar-refractivity contribution in [3.05, 3.63) is 0 Å². The molecule has 2 heteroatoms. The van der Waals surface area contributed by atoms with Gasteiger partial charge < -0.3 is 0 Å². The van der Waals surface area contributed by atoms with Crippen LogP contribution in [0.4, 0.5) is 0 Å². The summed E-state index contributed by atoms with van der Waals surface area (Å²) in [5, 5.41) is 0.360. The fourth-order valence-corrected chi connectivity index (χ4v) is 4.03. The predicted molar refractivity (Wildman–Crippen MR) is 86.9 cm³/mol. The molecule has 0 saturated carbocycles. The van der Waals surface area contributed by atoms with Crippen LogP contribution in [0.5, 0.6) is 0 Å². The SMILES string of the molecule is CCCCCCCCCCCCC(=O)C1CCCS1. The molecular weight excluding hydrogens is 252 g/mol. The maximum Gasteiger partial charge on any atom is 0.145 e. The minimum Gasteiger partial charge on any atom is -0.298 e. The maximum absolute atomic E-state index is 11.9. The van der Waals surface area contributed by atoms with Gasteiger partial charge in [0.2, 0.25) is 0 Å². The normalized spacial score (nSPS) is 18.9. The maximum atomic E-state index is 11.9. The third kappa shape index (κ3) is 8.73. The minimum absolute atomic E-state index is 0.360. The van der Waals surface area contributed by atoms with Crippen molar-refractivity contribution in [2.75, 3.05) is 5.75 Å². The van der Waals surface area contributed by atoms with Crippen molar-refractivity contribution in [2.24, 2.45) is 0 Å². The number of hydrogen-bond donors (Lipinski definition) is 0. The molecule has 0 radical (unpaired) electrons. The molecule has 0 N–H and O–H groups in total. The summed E-state index contributed by atoms with van der Waals surface area (Å²) < 4.78 is 0. The van der Waals surface area contributed by atoms with Gasteiger partial charge in [0.15, 0.2) is 0 Å². The van der Waals surface area contributed by atoms with Crippen LogP contribution in [0.25, 0.3) is 0 Å². The quantitative estimate of drug-likeness (QED) is 0.424. The van der Waals surface area contributed by atoms with E-state index in [0.717, 1.165) is 19.3 Å². The Bertz CT molecular complexity index is 221. The number of Topliss-reactive ketones (excluding diaryl/α,β-unsaturated/α-hetero) is 1. The molecule has 112 valence electrons. The number of hydrogen-bond acceptors (Lipinski definition) is 2. The van der Waals surface area contributed by atoms with Gasteiger partial charge in [0.25, 0.3) is 0 Å². The van der Waals surface area contributed by atoms with Crippen molar-refractivity contribution in [3.63, 3.8) is 0 Å². The second-order valence-corrected chi connectivity index (χ2v) is 7.21. The molecule has 1 saturated heterocycles. The Morgan fingerprint density at radius 2 is 1.53 bits per heavy atom. The van der Waals surface area contributed by atoms with E-state index in [-0.39, 0.29) is 0 Å². The first kappa shape index (κ1) is 17.1. The highest BCUT2D eigenvalue weighted by molar-refractivity contribution is 8.00. The number of carbonyl (C=O) groups is 1. The smallest absolute Gasteiger partial charge is 0.145 e. The predicted octanol–water partition coefficient (Wildman–Crippen LogP) is 5.76. The number of rotatable bonds is 12. The van der Waals surface area contributed by atoms with Crippen LogP contribution in [-0.2, 0) is 4.79 Å². The molecule has 0 aromatic carbocycles. The average Bonchev–Trinajstić information content (AvgIpc) is 2.95. The van der Waals surface area contributed by atoms with E-state index in [1.807, 2.05) is 11.8 Å². The third-order valence-corrected chi connectivity index (χ3v) is 5.49. The van der Waals surface area contributed by atoms with E-state index in [4.69, 9.17) is 0 Å². The average molecular weight is 285 g/mol. The van der Waals surface area contributed by atoms with E-state index < -0.39 is 0 Å². The van der Waals surface area contributed by atoms with Gasteiger partial charge in [-0.15, -0.1) is 0 Å². The Morgan fingerprint density at radius 1 is 0.947 bits per heavy atom. The summed E-state index contributed by atoms with van der Waals surface area (Å²) in [5.41, 5.74) is 0.